The van der Waals surface area contributed by atoms with E-state index in [1.165, 1.54) is 0 Å². The first-order chi connectivity index (χ1) is 13.8. The van der Waals surface area contributed by atoms with Crippen LogP contribution in [0.15, 0.2) is 66.7 Å². The molecule has 4 nitrogen and oxygen atoms in total. The summed E-state index contributed by atoms with van der Waals surface area (Å²) in [6.45, 7) is 1.27. The molecule has 0 radical (unpaired) electrons. The van der Waals surface area contributed by atoms with Crippen molar-refractivity contribution in [1.29, 1.82) is 0 Å². The first kappa shape index (κ1) is 16.6. The van der Waals surface area contributed by atoms with Gasteiger partial charge < -0.3 is 15.4 Å². The highest BCUT2D eigenvalue weighted by molar-refractivity contribution is 6.17. The molecule has 1 heterocycles. The summed E-state index contributed by atoms with van der Waals surface area (Å²) in [5.74, 6) is 0.745. The second kappa shape index (κ2) is 6.57. The van der Waals surface area contributed by atoms with Crippen LogP contribution in [-0.2, 0) is 0 Å². The number of carbonyl (C=O) groups excluding carboxylic acids is 1. The molecule has 2 N–H and O–H groups in total. The van der Waals surface area contributed by atoms with E-state index in [0.29, 0.717) is 18.7 Å². The lowest BCUT2D eigenvalue weighted by molar-refractivity contribution is 0.0958. The molecule has 5 rings (SSSR count). The lowest BCUT2D eigenvalue weighted by Crippen LogP contribution is -2.24. The van der Waals surface area contributed by atoms with Crippen LogP contribution in [0.1, 0.15) is 10.4 Å². The molecule has 28 heavy (non-hydrogen) atoms. The minimum absolute atomic E-state index is 0.0498. The Morgan fingerprint density at radius 3 is 2.25 bits per heavy atom. The number of fused-ring (bicyclic) bond motifs is 3. The van der Waals surface area contributed by atoms with E-state index in [1.54, 1.807) is 7.11 Å². The van der Waals surface area contributed by atoms with E-state index < -0.39 is 0 Å². The fourth-order valence-electron chi connectivity index (χ4n) is 4.11. The van der Waals surface area contributed by atoms with Gasteiger partial charge in [0.25, 0.3) is 5.91 Å². The van der Waals surface area contributed by atoms with E-state index in [4.69, 9.17) is 4.74 Å². The molecule has 4 heteroatoms. The van der Waals surface area contributed by atoms with Crippen LogP contribution in [0.3, 0.4) is 0 Å². The highest BCUT2D eigenvalue weighted by atomic mass is 16.5. The number of nitrogens with one attached hydrogen (secondary N) is 2. The SMILES string of the molecule is COc1ccc2ccccc2c1-c1c2c(cc3ccccc13)C(=O)NCCN2. The number of anilines is 1. The van der Waals surface area contributed by atoms with E-state index in [-0.39, 0.29) is 5.91 Å². The van der Waals surface area contributed by atoms with Crippen LogP contribution in [0, 0.1) is 0 Å². The molecular weight excluding hydrogens is 348 g/mol. The van der Waals surface area contributed by atoms with Gasteiger partial charge in [0.05, 0.1) is 18.4 Å². The second-order valence-electron chi connectivity index (χ2n) is 6.94. The van der Waals surface area contributed by atoms with Gasteiger partial charge >= 0.3 is 0 Å². The first-order valence-corrected chi connectivity index (χ1v) is 9.42. The maximum Gasteiger partial charge on any atom is 0.253 e. The van der Waals surface area contributed by atoms with Gasteiger partial charge in [-0.15, -0.1) is 0 Å². The van der Waals surface area contributed by atoms with E-state index in [0.717, 1.165) is 44.1 Å². The summed E-state index contributed by atoms with van der Waals surface area (Å²) in [5.41, 5.74) is 3.55. The van der Waals surface area contributed by atoms with Crippen LogP contribution >= 0.6 is 0 Å². The summed E-state index contributed by atoms with van der Waals surface area (Å²) in [7, 11) is 1.69. The molecule has 4 aromatic carbocycles. The maximum atomic E-state index is 12.8. The van der Waals surface area contributed by atoms with Crippen molar-refractivity contribution < 1.29 is 9.53 Å². The molecule has 0 spiro atoms. The summed E-state index contributed by atoms with van der Waals surface area (Å²) in [6.07, 6.45) is 0. The standard InChI is InChI=1S/C24H20N2O2/c1-28-20-11-10-15-6-2-4-8-17(15)21(20)22-18-9-5-3-7-16(18)14-19-23(22)25-12-13-26-24(19)27/h2-11,14,25H,12-13H2,1H3,(H,26,27). The van der Waals surface area contributed by atoms with Crippen molar-refractivity contribution in [2.75, 3.05) is 25.5 Å². The van der Waals surface area contributed by atoms with Gasteiger partial charge in [-0.2, -0.15) is 0 Å². The van der Waals surface area contributed by atoms with Gasteiger partial charge in [0, 0.05) is 24.2 Å². The monoisotopic (exact) mass is 368 g/mol. The van der Waals surface area contributed by atoms with Gasteiger partial charge in [-0.25, -0.2) is 0 Å². The molecule has 1 amide bonds. The normalized spacial score (nSPS) is 13.5. The topological polar surface area (TPSA) is 50.4 Å². The Kier molecular flexibility index (Phi) is 3.90. The molecule has 4 aromatic rings. The Morgan fingerprint density at radius 1 is 0.786 bits per heavy atom. The number of amides is 1. The third-order valence-corrected chi connectivity index (χ3v) is 5.37. The first-order valence-electron chi connectivity index (χ1n) is 9.42. The van der Waals surface area contributed by atoms with Crippen molar-refractivity contribution in [2.45, 2.75) is 0 Å². The minimum atomic E-state index is -0.0498. The average Bonchev–Trinajstić information content (AvgIpc) is 2.93. The number of benzene rings is 4. The second-order valence-corrected chi connectivity index (χ2v) is 6.94. The van der Waals surface area contributed by atoms with Gasteiger partial charge in [0.1, 0.15) is 5.75 Å². The number of ether oxygens (including phenoxy) is 1. The van der Waals surface area contributed by atoms with Gasteiger partial charge in [0.2, 0.25) is 0 Å². The maximum absolute atomic E-state index is 12.8. The number of methoxy groups -OCH3 is 1. The van der Waals surface area contributed by atoms with E-state index in [9.17, 15) is 4.79 Å². The van der Waals surface area contributed by atoms with Gasteiger partial charge in [0.15, 0.2) is 0 Å². The number of carbonyl (C=O) groups is 1. The van der Waals surface area contributed by atoms with E-state index in [1.807, 2.05) is 36.4 Å². The van der Waals surface area contributed by atoms with Crippen molar-refractivity contribution in [2.24, 2.45) is 0 Å². The molecule has 0 fully saturated rings. The quantitative estimate of drug-likeness (QED) is 0.533. The number of hydrogen-bond acceptors (Lipinski definition) is 3. The van der Waals surface area contributed by atoms with Gasteiger partial charge in [-0.3, -0.25) is 4.79 Å². The summed E-state index contributed by atoms with van der Waals surface area (Å²) in [4.78, 5) is 12.8. The highest BCUT2D eigenvalue weighted by Gasteiger charge is 2.24. The molecule has 0 atom stereocenters. The van der Waals surface area contributed by atoms with Crippen molar-refractivity contribution in [1.82, 2.24) is 5.32 Å². The van der Waals surface area contributed by atoms with Gasteiger partial charge in [-0.1, -0.05) is 54.6 Å². The lowest BCUT2D eigenvalue weighted by Gasteiger charge is -2.20. The van der Waals surface area contributed by atoms with Crippen LogP contribution < -0.4 is 15.4 Å². The van der Waals surface area contributed by atoms with Gasteiger partial charge in [-0.05, 0) is 33.7 Å². The van der Waals surface area contributed by atoms with Crippen LogP contribution in [0.5, 0.6) is 5.75 Å². The van der Waals surface area contributed by atoms with Crippen LogP contribution in [0.4, 0.5) is 5.69 Å². The molecule has 0 saturated carbocycles. The predicted octanol–water partition coefficient (Wildman–Crippen LogP) is 4.82. The average molecular weight is 368 g/mol. The fraction of sp³-hybridized carbons (Fsp3) is 0.125. The summed E-state index contributed by atoms with van der Waals surface area (Å²) in [5, 5.41) is 10.8. The molecule has 0 aliphatic carbocycles. The largest absolute Gasteiger partial charge is 0.496 e. The zero-order chi connectivity index (χ0) is 19.1. The molecule has 0 unspecified atom stereocenters. The molecule has 0 bridgehead atoms. The van der Waals surface area contributed by atoms with Crippen LogP contribution in [-0.4, -0.2) is 26.1 Å². The molecule has 0 aromatic heterocycles. The fourth-order valence-corrected chi connectivity index (χ4v) is 4.11. The molecular formula is C24H20N2O2. The highest BCUT2D eigenvalue weighted by Crippen LogP contribution is 2.46. The Morgan fingerprint density at radius 2 is 1.46 bits per heavy atom. The third-order valence-electron chi connectivity index (χ3n) is 5.37. The molecule has 138 valence electrons. The minimum Gasteiger partial charge on any atom is -0.496 e. The van der Waals surface area contributed by atoms with E-state index >= 15 is 0 Å². The van der Waals surface area contributed by atoms with Crippen molar-refractivity contribution >= 4 is 33.1 Å². The molecule has 1 aliphatic rings. The Bertz CT molecular complexity index is 1230. The number of rotatable bonds is 2. The van der Waals surface area contributed by atoms with Crippen molar-refractivity contribution in [3.05, 3.63) is 72.3 Å². The van der Waals surface area contributed by atoms with Crippen LogP contribution in [0.25, 0.3) is 32.7 Å². The summed E-state index contributed by atoms with van der Waals surface area (Å²) in [6, 6.07) is 22.5. The van der Waals surface area contributed by atoms with E-state index in [2.05, 4.69) is 41.0 Å². The summed E-state index contributed by atoms with van der Waals surface area (Å²) >= 11 is 0. The predicted molar refractivity (Wildman–Crippen MR) is 114 cm³/mol. The Balaban J connectivity index is 1.99. The van der Waals surface area contributed by atoms with Crippen molar-refractivity contribution in [3.8, 4) is 16.9 Å². The zero-order valence-corrected chi connectivity index (χ0v) is 15.6. The molecule has 0 saturated heterocycles. The molecule has 1 aliphatic heterocycles. The third kappa shape index (κ3) is 2.49. The zero-order valence-electron chi connectivity index (χ0n) is 15.6. The Hall–Kier alpha value is -3.53. The van der Waals surface area contributed by atoms with Crippen LogP contribution in [0.2, 0.25) is 0 Å². The van der Waals surface area contributed by atoms with Crippen molar-refractivity contribution in [3.63, 3.8) is 0 Å². The Labute approximate surface area is 163 Å². The number of hydrogen-bond donors (Lipinski definition) is 2. The summed E-state index contributed by atoms with van der Waals surface area (Å²) < 4.78 is 5.78. The smallest absolute Gasteiger partial charge is 0.253 e. The lowest BCUT2D eigenvalue weighted by atomic mass is 9.89.